The molecule has 1 fully saturated rings. The average molecular weight is 417 g/mol. The van der Waals surface area contributed by atoms with E-state index in [0.717, 1.165) is 17.5 Å². The van der Waals surface area contributed by atoms with Crippen LogP contribution in [0.5, 0.6) is 0 Å². The van der Waals surface area contributed by atoms with E-state index < -0.39 is 17.5 Å². The third kappa shape index (κ3) is 2.72. The molecule has 2 aromatic carbocycles. The number of ether oxygens (including phenoxy) is 2. The van der Waals surface area contributed by atoms with Crippen molar-refractivity contribution in [3.05, 3.63) is 71.3 Å². The Morgan fingerprint density at radius 2 is 1.77 bits per heavy atom. The summed E-state index contributed by atoms with van der Waals surface area (Å²) < 4.78 is 10.2. The third-order valence-electron chi connectivity index (χ3n) is 6.79. The molecule has 0 saturated heterocycles. The molecule has 0 unspecified atom stereocenters. The molecule has 2 aromatic rings. The van der Waals surface area contributed by atoms with E-state index in [-0.39, 0.29) is 23.5 Å². The van der Waals surface area contributed by atoms with Gasteiger partial charge in [0.15, 0.2) is 5.71 Å². The van der Waals surface area contributed by atoms with Crippen LogP contribution in [0.3, 0.4) is 0 Å². The van der Waals surface area contributed by atoms with Gasteiger partial charge in [0.2, 0.25) is 0 Å². The number of carbonyl (C=O) groups is 2. The van der Waals surface area contributed by atoms with Crippen molar-refractivity contribution in [2.24, 2.45) is 16.0 Å². The van der Waals surface area contributed by atoms with E-state index in [1.165, 1.54) is 19.8 Å². The number of aliphatic imine (C=N–C) groups is 1. The molecule has 0 amide bonds. The molecule has 1 saturated carbocycles. The summed E-state index contributed by atoms with van der Waals surface area (Å²) in [7, 11) is 2.70. The van der Waals surface area contributed by atoms with Crippen molar-refractivity contribution in [2.45, 2.75) is 30.3 Å². The quantitative estimate of drug-likeness (QED) is 0.597. The van der Waals surface area contributed by atoms with Crippen molar-refractivity contribution in [2.75, 3.05) is 14.2 Å². The zero-order chi connectivity index (χ0) is 21.6. The van der Waals surface area contributed by atoms with Crippen LogP contribution in [0.2, 0.25) is 0 Å². The van der Waals surface area contributed by atoms with Gasteiger partial charge in [0, 0.05) is 11.8 Å². The number of benzene rings is 2. The lowest BCUT2D eigenvalue weighted by atomic mass is 9.67. The van der Waals surface area contributed by atoms with Crippen LogP contribution < -0.4 is 5.43 Å². The van der Waals surface area contributed by atoms with Crippen molar-refractivity contribution in [3.8, 4) is 0 Å². The topological polar surface area (TPSA) is 89.4 Å². The predicted octanol–water partition coefficient (Wildman–Crippen LogP) is 2.57. The first-order valence-electron chi connectivity index (χ1n) is 10.3. The molecule has 31 heavy (non-hydrogen) atoms. The molecular formula is C24H23N3O4. The number of fused-ring (bicyclic) bond motifs is 8. The van der Waals surface area contributed by atoms with Gasteiger partial charge < -0.3 is 9.47 Å². The standard InChI is InChI=1S/C24H23N3O4/c1-30-22(28)20-19-17-12-18(16-11-7-6-10-15(16)17)24(19,27-26-20)21(23(29)31-2)25-13-14-8-4-3-5-9-14/h3-11,17-19,27H,12-13H2,1-2H3/t17-,18+,19-,24+/m1/s1. The average Bonchev–Trinajstić information content (AvgIpc) is 3.48. The molecule has 4 atom stereocenters. The number of nitrogens with zero attached hydrogens (tertiary/aromatic N) is 2. The molecule has 7 nitrogen and oxygen atoms in total. The summed E-state index contributed by atoms with van der Waals surface area (Å²) in [6.45, 7) is 0.327. The number of esters is 2. The molecule has 0 spiro atoms. The van der Waals surface area contributed by atoms with Crippen molar-refractivity contribution >= 4 is 23.4 Å². The van der Waals surface area contributed by atoms with Crippen molar-refractivity contribution in [1.29, 1.82) is 0 Å². The van der Waals surface area contributed by atoms with Gasteiger partial charge in [0.25, 0.3) is 0 Å². The molecular weight excluding hydrogens is 394 g/mol. The van der Waals surface area contributed by atoms with Crippen molar-refractivity contribution < 1.29 is 19.1 Å². The molecule has 7 heteroatoms. The van der Waals surface area contributed by atoms with E-state index in [2.05, 4.69) is 22.7 Å². The monoisotopic (exact) mass is 417 g/mol. The van der Waals surface area contributed by atoms with Crippen LogP contribution in [0, 0.1) is 5.92 Å². The van der Waals surface area contributed by atoms with Gasteiger partial charge in [-0.2, -0.15) is 5.10 Å². The number of hydrazone groups is 1. The first-order valence-corrected chi connectivity index (χ1v) is 10.3. The number of rotatable bonds is 5. The van der Waals surface area contributed by atoms with E-state index in [9.17, 15) is 9.59 Å². The highest BCUT2D eigenvalue weighted by molar-refractivity contribution is 6.45. The largest absolute Gasteiger partial charge is 0.464 e. The zero-order valence-corrected chi connectivity index (χ0v) is 17.4. The Bertz CT molecular complexity index is 1110. The second-order valence-electron chi connectivity index (χ2n) is 8.11. The fourth-order valence-corrected chi connectivity index (χ4v) is 5.59. The van der Waals surface area contributed by atoms with Gasteiger partial charge in [-0.15, -0.1) is 0 Å². The predicted molar refractivity (Wildman–Crippen MR) is 115 cm³/mol. The number of nitrogens with one attached hydrogen (secondary N) is 1. The minimum atomic E-state index is -0.940. The highest BCUT2D eigenvalue weighted by atomic mass is 16.5. The number of hydrogen-bond acceptors (Lipinski definition) is 7. The molecule has 3 aliphatic rings. The molecule has 2 bridgehead atoms. The van der Waals surface area contributed by atoms with Gasteiger partial charge in [-0.1, -0.05) is 54.6 Å². The SMILES string of the molecule is COC(=O)C1=NN[C@@]2(C(=NCc3ccccc3)C(=O)OC)[C@H]3C[C@H](c4ccccc43)[C@H]12. The Morgan fingerprint density at radius 1 is 1.06 bits per heavy atom. The fraction of sp³-hybridized carbons (Fsp3) is 0.333. The number of carbonyl (C=O) groups excluding carboxylic acids is 2. The van der Waals surface area contributed by atoms with Crippen LogP contribution in [-0.2, 0) is 25.6 Å². The van der Waals surface area contributed by atoms with Crippen LogP contribution in [0.25, 0.3) is 0 Å². The van der Waals surface area contributed by atoms with Crippen LogP contribution in [0.1, 0.15) is 34.9 Å². The molecule has 2 aliphatic carbocycles. The van der Waals surface area contributed by atoms with Crippen LogP contribution >= 0.6 is 0 Å². The number of hydrogen-bond donors (Lipinski definition) is 1. The summed E-state index contributed by atoms with van der Waals surface area (Å²) in [5.41, 5.74) is 6.15. The smallest absolute Gasteiger partial charge is 0.354 e. The van der Waals surface area contributed by atoms with Gasteiger partial charge in [-0.05, 0) is 29.0 Å². The maximum atomic E-state index is 13.0. The lowest BCUT2D eigenvalue weighted by Gasteiger charge is -2.39. The highest BCUT2D eigenvalue weighted by Gasteiger charge is 2.69. The van der Waals surface area contributed by atoms with Crippen molar-refractivity contribution in [3.63, 3.8) is 0 Å². The maximum absolute atomic E-state index is 13.0. The second-order valence-corrected chi connectivity index (χ2v) is 8.11. The normalized spacial score (nSPS) is 27.7. The van der Waals surface area contributed by atoms with Crippen LogP contribution in [0.15, 0.2) is 64.7 Å². The summed E-state index contributed by atoms with van der Waals surface area (Å²) in [4.78, 5) is 30.4. The van der Waals surface area contributed by atoms with Gasteiger partial charge in [0.05, 0.1) is 20.8 Å². The second kappa shape index (κ2) is 7.34. The molecule has 1 N–H and O–H groups in total. The highest BCUT2D eigenvalue weighted by Crippen LogP contribution is 2.63. The zero-order valence-electron chi connectivity index (χ0n) is 17.4. The van der Waals surface area contributed by atoms with E-state index >= 15 is 0 Å². The van der Waals surface area contributed by atoms with Crippen LogP contribution in [-0.4, -0.2) is 43.1 Å². The molecule has 158 valence electrons. The van der Waals surface area contributed by atoms with E-state index in [0.29, 0.717) is 12.3 Å². The van der Waals surface area contributed by atoms with Crippen molar-refractivity contribution in [1.82, 2.24) is 5.43 Å². The summed E-state index contributed by atoms with van der Waals surface area (Å²) >= 11 is 0. The van der Waals surface area contributed by atoms with Gasteiger partial charge >= 0.3 is 11.9 Å². The minimum Gasteiger partial charge on any atom is -0.464 e. The minimum absolute atomic E-state index is 0.0423. The van der Waals surface area contributed by atoms with E-state index in [4.69, 9.17) is 14.5 Å². The molecule has 1 heterocycles. The summed E-state index contributed by atoms with van der Waals surface area (Å²) in [5.74, 6) is -1.37. The molecule has 5 rings (SSSR count). The summed E-state index contributed by atoms with van der Waals surface area (Å²) in [6, 6.07) is 17.9. The van der Waals surface area contributed by atoms with E-state index in [1.54, 1.807) is 0 Å². The lowest BCUT2D eigenvalue weighted by Crippen LogP contribution is -2.59. The van der Waals surface area contributed by atoms with Gasteiger partial charge in [0.1, 0.15) is 11.3 Å². The van der Waals surface area contributed by atoms with Crippen LogP contribution in [0.4, 0.5) is 0 Å². The Hall–Kier alpha value is -3.48. The Labute approximate surface area is 180 Å². The molecule has 0 radical (unpaired) electrons. The lowest BCUT2D eigenvalue weighted by molar-refractivity contribution is -0.134. The van der Waals surface area contributed by atoms with Gasteiger partial charge in [-0.3, -0.25) is 10.4 Å². The Kier molecular flexibility index (Phi) is 4.61. The first kappa shape index (κ1) is 19.5. The Morgan fingerprint density at radius 3 is 2.48 bits per heavy atom. The number of methoxy groups -OCH3 is 2. The Balaban J connectivity index is 1.65. The molecule has 0 aromatic heterocycles. The maximum Gasteiger partial charge on any atom is 0.354 e. The fourth-order valence-electron chi connectivity index (χ4n) is 5.59. The first-order chi connectivity index (χ1) is 15.1. The van der Waals surface area contributed by atoms with E-state index in [1.807, 2.05) is 42.5 Å². The van der Waals surface area contributed by atoms with Gasteiger partial charge in [-0.25, -0.2) is 9.59 Å². The molecule has 1 aliphatic heterocycles. The third-order valence-corrected chi connectivity index (χ3v) is 6.79. The summed E-state index contributed by atoms with van der Waals surface area (Å²) in [5, 5.41) is 4.38. The summed E-state index contributed by atoms with van der Waals surface area (Å²) in [6.07, 6.45) is 0.800.